The molecule has 0 aliphatic rings. The van der Waals surface area contributed by atoms with Crippen molar-refractivity contribution in [2.75, 3.05) is 0 Å². The zero-order valence-electron chi connectivity index (χ0n) is 9.27. The van der Waals surface area contributed by atoms with Gasteiger partial charge >= 0.3 is 0 Å². The summed E-state index contributed by atoms with van der Waals surface area (Å²) in [5.74, 6) is 0. The number of hydrogen-bond donors (Lipinski definition) is 1. The van der Waals surface area contributed by atoms with Crippen LogP contribution in [-0.2, 0) is 5.41 Å². The maximum absolute atomic E-state index is 12.0. The van der Waals surface area contributed by atoms with Crippen LogP contribution in [0, 0.1) is 11.3 Å². The van der Waals surface area contributed by atoms with E-state index in [1.807, 2.05) is 26.8 Å². The summed E-state index contributed by atoms with van der Waals surface area (Å²) in [6.45, 7) is 5.66. The van der Waals surface area contributed by atoms with Gasteiger partial charge in [-0.1, -0.05) is 20.8 Å². The van der Waals surface area contributed by atoms with Gasteiger partial charge in [0.2, 0.25) is 0 Å². The number of nitrogens with one attached hydrogen (secondary N) is 1. The number of hydrogen-bond acceptors (Lipinski definition) is 4. The molecule has 0 spiro atoms. The van der Waals surface area contributed by atoms with Crippen molar-refractivity contribution >= 4 is 5.65 Å². The normalized spacial score (nSPS) is 11.6. The minimum atomic E-state index is -0.372. The molecule has 2 aromatic rings. The van der Waals surface area contributed by atoms with Crippen molar-refractivity contribution in [2.24, 2.45) is 0 Å². The third-order valence-corrected chi connectivity index (χ3v) is 2.27. The number of fused-ring (bicyclic) bond motifs is 1. The molecular weight excluding hydrogens is 206 g/mol. The Bertz CT molecular complexity index is 638. The van der Waals surface area contributed by atoms with Crippen LogP contribution in [0.1, 0.15) is 32.0 Å². The molecule has 0 aliphatic heterocycles. The van der Waals surface area contributed by atoms with Crippen molar-refractivity contribution in [1.82, 2.24) is 19.8 Å². The second-order valence-electron chi connectivity index (χ2n) is 4.56. The average molecular weight is 217 g/mol. The minimum absolute atomic E-state index is 0.264. The Labute approximate surface area is 91.5 Å². The Balaban J connectivity index is 2.84. The van der Waals surface area contributed by atoms with Gasteiger partial charge in [0.25, 0.3) is 5.56 Å². The fraction of sp³-hybridized carbons (Fsp3) is 0.400. The topological polar surface area (TPSA) is 86.8 Å². The van der Waals surface area contributed by atoms with Gasteiger partial charge in [0.1, 0.15) is 17.3 Å². The summed E-state index contributed by atoms with van der Waals surface area (Å²) in [7, 11) is 0. The van der Waals surface area contributed by atoms with Gasteiger partial charge < -0.3 is 0 Å². The van der Waals surface area contributed by atoms with Crippen LogP contribution in [0.3, 0.4) is 0 Å². The quantitative estimate of drug-likeness (QED) is 0.699. The Kier molecular flexibility index (Phi) is 2.05. The van der Waals surface area contributed by atoms with E-state index in [1.54, 1.807) is 0 Å². The molecule has 0 fully saturated rings. The summed E-state index contributed by atoms with van der Waals surface area (Å²) in [6.07, 6.45) is 1.44. The SMILES string of the molecule is CC(C)(C)c1nnc2c(C#N)c[nH]n2c1=O. The van der Waals surface area contributed by atoms with E-state index in [2.05, 4.69) is 15.3 Å². The predicted octanol–water partition coefficient (Wildman–Crippen LogP) is 0.587. The number of aromatic amines is 1. The van der Waals surface area contributed by atoms with Crippen LogP contribution in [0.25, 0.3) is 5.65 Å². The van der Waals surface area contributed by atoms with E-state index in [4.69, 9.17) is 5.26 Å². The Hall–Kier alpha value is -2.16. The van der Waals surface area contributed by atoms with E-state index in [-0.39, 0.29) is 16.6 Å². The average Bonchev–Trinajstić information content (AvgIpc) is 2.60. The Morgan fingerprint density at radius 3 is 2.69 bits per heavy atom. The fourth-order valence-electron chi connectivity index (χ4n) is 1.43. The standard InChI is InChI=1S/C10H11N5O/c1-10(2,3)7-9(16)15-8(14-13-7)6(4-11)5-12-15/h5,12H,1-3H3. The van der Waals surface area contributed by atoms with E-state index in [1.165, 1.54) is 10.7 Å². The number of nitriles is 1. The molecule has 16 heavy (non-hydrogen) atoms. The van der Waals surface area contributed by atoms with Crippen LogP contribution in [0.4, 0.5) is 0 Å². The maximum Gasteiger partial charge on any atom is 0.295 e. The van der Waals surface area contributed by atoms with Gasteiger partial charge in [0, 0.05) is 11.6 Å². The fourth-order valence-corrected chi connectivity index (χ4v) is 1.43. The molecule has 2 heterocycles. The summed E-state index contributed by atoms with van der Waals surface area (Å²) < 4.78 is 1.24. The predicted molar refractivity (Wildman–Crippen MR) is 57.0 cm³/mol. The molecule has 2 rings (SSSR count). The first-order valence-corrected chi connectivity index (χ1v) is 4.82. The summed E-state index contributed by atoms with van der Waals surface area (Å²) in [4.78, 5) is 12.0. The molecule has 0 bridgehead atoms. The third kappa shape index (κ3) is 1.37. The van der Waals surface area contributed by atoms with Crippen LogP contribution in [-0.4, -0.2) is 19.8 Å². The molecule has 0 aliphatic carbocycles. The first-order valence-electron chi connectivity index (χ1n) is 4.82. The first-order chi connectivity index (χ1) is 7.45. The van der Waals surface area contributed by atoms with Crippen LogP contribution in [0.5, 0.6) is 0 Å². The molecule has 6 heteroatoms. The summed E-state index contributed by atoms with van der Waals surface area (Å²) in [5.41, 5.74) is 0.310. The smallest absolute Gasteiger partial charge is 0.295 e. The van der Waals surface area contributed by atoms with Gasteiger partial charge in [0.05, 0.1) is 0 Å². The number of H-pyrrole nitrogens is 1. The molecule has 2 aromatic heterocycles. The molecule has 0 saturated carbocycles. The highest BCUT2D eigenvalue weighted by molar-refractivity contribution is 5.52. The molecule has 0 amide bonds. The van der Waals surface area contributed by atoms with Crippen LogP contribution in [0.2, 0.25) is 0 Å². The zero-order chi connectivity index (χ0) is 11.9. The molecule has 0 aromatic carbocycles. The van der Waals surface area contributed by atoms with E-state index >= 15 is 0 Å². The van der Waals surface area contributed by atoms with E-state index < -0.39 is 0 Å². The zero-order valence-corrected chi connectivity index (χ0v) is 9.27. The monoisotopic (exact) mass is 217 g/mol. The second kappa shape index (κ2) is 3.17. The molecule has 1 N–H and O–H groups in total. The summed E-state index contributed by atoms with van der Waals surface area (Å²) >= 11 is 0. The third-order valence-electron chi connectivity index (χ3n) is 2.27. The lowest BCUT2D eigenvalue weighted by atomic mass is 9.93. The van der Waals surface area contributed by atoms with Crippen molar-refractivity contribution in [2.45, 2.75) is 26.2 Å². The molecule has 0 radical (unpaired) electrons. The van der Waals surface area contributed by atoms with Gasteiger partial charge in [-0.3, -0.25) is 9.89 Å². The highest BCUT2D eigenvalue weighted by Gasteiger charge is 2.22. The van der Waals surface area contributed by atoms with Crippen LogP contribution in [0.15, 0.2) is 11.0 Å². The van der Waals surface area contributed by atoms with Crippen molar-refractivity contribution in [3.05, 3.63) is 27.8 Å². The maximum atomic E-state index is 12.0. The van der Waals surface area contributed by atoms with Crippen LogP contribution < -0.4 is 5.56 Å². The molecule has 0 unspecified atom stereocenters. The molecule has 0 atom stereocenters. The summed E-state index contributed by atoms with van der Waals surface area (Å²) in [5, 5.41) is 19.3. The molecule has 0 saturated heterocycles. The van der Waals surface area contributed by atoms with Crippen molar-refractivity contribution < 1.29 is 0 Å². The van der Waals surface area contributed by atoms with Gasteiger partial charge in [0.15, 0.2) is 5.65 Å². The van der Waals surface area contributed by atoms with Gasteiger partial charge in [-0.05, 0) is 0 Å². The van der Waals surface area contributed by atoms with Crippen molar-refractivity contribution in [1.29, 1.82) is 5.26 Å². The minimum Gasteiger partial charge on any atom is -0.295 e. The first kappa shape index (κ1) is 10.4. The number of aromatic nitrogens is 4. The largest absolute Gasteiger partial charge is 0.295 e. The Morgan fingerprint density at radius 2 is 2.12 bits per heavy atom. The van der Waals surface area contributed by atoms with E-state index in [9.17, 15) is 4.79 Å². The van der Waals surface area contributed by atoms with E-state index in [0.717, 1.165) is 0 Å². The molecule has 6 nitrogen and oxygen atoms in total. The Morgan fingerprint density at radius 1 is 1.44 bits per heavy atom. The molecular formula is C10H11N5O. The van der Waals surface area contributed by atoms with E-state index in [0.29, 0.717) is 11.3 Å². The molecule has 82 valence electrons. The van der Waals surface area contributed by atoms with Crippen LogP contribution >= 0.6 is 0 Å². The number of rotatable bonds is 0. The van der Waals surface area contributed by atoms with Gasteiger partial charge in [-0.15, -0.1) is 10.2 Å². The number of nitrogens with zero attached hydrogens (tertiary/aromatic N) is 4. The second-order valence-corrected chi connectivity index (χ2v) is 4.56. The van der Waals surface area contributed by atoms with Gasteiger partial charge in [-0.25, -0.2) is 0 Å². The summed E-state index contributed by atoms with van der Waals surface area (Å²) in [6, 6.07) is 1.94. The highest BCUT2D eigenvalue weighted by atomic mass is 16.1. The van der Waals surface area contributed by atoms with Crippen molar-refractivity contribution in [3.63, 3.8) is 0 Å². The van der Waals surface area contributed by atoms with Gasteiger partial charge in [-0.2, -0.15) is 9.78 Å². The lowest BCUT2D eigenvalue weighted by Gasteiger charge is -2.14. The highest BCUT2D eigenvalue weighted by Crippen LogP contribution is 2.15. The van der Waals surface area contributed by atoms with Crippen molar-refractivity contribution in [3.8, 4) is 6.07 Å². The lowest BCUT2D eigenvalue weighted by Crippen LogP contribution is -2.30. The lowest BCUT2D eigenvalue weighted by molar-refractivity contribution is 0.542.